The summed E-state index contributed by atoms with van der Waals surface area (Å²) in [5.74, 6) is 6.86. The Morgan fingerprint density at radius 3 is 2.60 bits per heavy atom. The molecule has 148 valence electrons. The zero-order chi connectivity index (χ0) is 20.6. The Labute approximate surface area is 177 Å². The number of rotatable bonds is 6. The number of pyridine rings is 2. The zero-order valence-electron chi connectivity index (χ0n) is 16.9. The Morgan fingerprint density at radius 2 is 1.73 bits per heavy atom. The largest absolute Gasteiger partial charge is 0.480 e. The summed E-state index contributed by atoms with van der Waals surface area (Å²) < 4.78 is 5.24. The van der Waals surface area contributed by atoms with Gasteiger partial charge in [0.25, 0.3) is 0 Å². The molecule has 2 heterocycles. The van der Waals surface area contributed by atoms with Gasteiger partial charge in [0.1, 0.15) is 0 Å². The van der Waals surface area contributed by atoms with E-state index in [-0.39, 0.29) is 0 Å². The first kappa shape index (κ1) is 19.6. The third-order valence-corrected chi connectivity index (χ3v) is 4.91. The van der Waals surface area contributed by atoms with Crippen LogP contribution >= 0.6 is 0 Å². The Kier molecular flexibility index (Phi) is 6.34. The summed E-state index contributed by atoms with van der Waals surface area (Å²) in [5, 5.41) is 4.75. The maximum Gasteiger partial charge on any atom is 0.229 e. The monoisotopic (exact) mass is 393 g/mol. The van der Waals surface area contributed by atoms with Crippen molar-refractivity contribution in [1.29, 1.82) is 0 Å². The first-order valence-electron chi connectivity index (χ1n) is 9.97. The second-order valence-electron chi connectivity index (χ2n) is 6.92. The molecule has 0 spiro atoms. The fraction of sp³-hybridized carbons (Fsp3) is 0.154. The first-order chi connectivity index (χ1) is 14.8. The molecule has 4 aromatic rings. The number of para-hydroxylation sites is 1. The molecule has 0 aliphatic heterocycles. The highest BCUT2D eigenvalue weighted by Gasteiger charge is 2.01. The van der Waals surface area contributed by atoms with E-state index >= 15 is 0 Å². The van der Waals surface area contributed by atoms with Gasteiger partial charge in [0, 0.05) is 29.9 Å². The fourth-order valence-electron chi connectivity index (χ4n) is 3.31. The van der Waals surface area contributed by atoms with Crippen molar-refractivity contribution in [2.24, 2.45) is 0 Å². The van der Waals surface area contributed by atoms with E-state index in [2.05, 4.69) is 69.6 Å². The van der Waals surface area contributed by atoms with Gasteiger partial charge in [0.05, 0.1) is 18.2 Å². The van der Waals surface area contributed by atoms with Crippen LogP contribution in [0.5, 0.6) is 5.88 Å². The normalized spacial score (nSPS) is 10.4. The number of aromatic nitrogens is 2. The van der Waals surface area contributed by atoms with Gasteiger partial charge < -0.3 is 10.1 Å². The summed E-state index contributed by atoms with van der Waals surface area (Å²) in [6.07, 6.45) is 4.54. The predicted molar refractivity (Wildman–Crippen MR) is 120 cm³/mol. The molecule has 0 radical (unpaired) electrons. The average molecular weight is 393 g/mol. The number of fused-ring (bicyclic) bond motifs is 1. The van der Waals surface area contributed by atoms with E-state index < -0.39 is 0 Å². The molecule has 4 heteroatoms. The van der Waals surface area contributed by atoms with Crippen molar-refractivity contribution in [2.45, 2.75) is 13.0 Å². The van der Waals surface area contributed by atoms with Gasteiger partial charge in [-0.3, -0.25) is 4.98 Å². The summed E-state index contributed by atoms with van der Waals surface area (Å²) in [6.45, 7) is 1.74. The lowest BCUT2D eigenvalue weighted by molar-refractivity contribution is 0.396. The van der Waals surface area contributed by atoms with Crippen molar-refractivity contribution < 1.29 is 4.74 Å². The number of hydrogen-bond donors (Lipinski definition) is 1. The van der Waals surface area contributed by atoms with Crippen molar-refractivity contribution in [3.05, 3.63) is 101 Å². The number of methoxy groups -OCH3 is 1. The molecule has 0 atom stereocenters. The van der Waals surface area contributed by atoms with Crippen LogP contribution in [0.4, 0.5) is 0 Å². The fourth-order valence-corrected chi connectivity index (χ4v) is 3.31. The van der Waals surface area contributed by atoms with Crippen LogP contribution in [0.2, 0.25) is 0 Å². The van der Waals surface area contributed by atoms with Crippen LogP contribution in [0.15, 0.2) is 79.1 Å². The highest BCUT2D eigenvalue weighted by atomic mass is 16.5. The van der Waals surface area contributed by atoms with Gasteiger partial charge in [0.2, 0.25) is 5.88 Å². The first-order valence-corrected chi connectivity index (χ1v) is 9.97. The molecule has 0 aliphatic rings. The van der Waals surface area contributed by atoms with E-state index in [9.17, 15) is 0 Å². The van der Waals surface area contributed by atoms with Crippen molar-refractivity contribution in [3.63, 3.8) is 0 Å². The molecule has 0 unspecified atom stereocenters. The predicted octanol–water partition coefficient (Wildman–Crippen LogP) is 4.37. The maximum absolute atomic E-state index is 5.24. The number of benzene rings is 2. The highest BCUT2D eigenvalue weighted by Crippen LogP contribution is 2.16. The Bertz CT molecular complexity index is 1180. The molecule has 0 saturated carbocycles. The number of nitrogens with zero attached hydrogens (tertiary/aromatic N) is 2. The Hall–Kier alpha value is -3.68. The SMILES string of the molecule is COc1ncccc1C#Cc1ccc(CCNCc2ccnc3ccccc23)cc1. The van der Waals surface area contributed by atoms with Gasteiger partial charge in [-0.1, -0.05) is 42.2 Å². The average Bonchev–Trinajstić information content (AvgIpc) is 2.81. The molecule has 0 aliphatic carbocycles. The molecule has 4 rings (SSSR count). The van der Waals surface area contributed by atoms with E-state index in [4.69, 9.17) is 4.74 Å². The molecule has 30 heavy (non-hydrogen) atoms. The van der Waals surface area contributed by atoms with Gasteiger partial charge >= 0.3 is 0 Å². The van der Waals surface area contributed by atoms with Crippen LogP contribution in [0.1, 0.15) is 22.3 Å². The smallest absolute Gasteiger partial charge is 0.229 e. The van der Waals surface area contributed by atoms with Crippen molar-refractivity contribution in [3.8, 4) is 17.7 Å². The Balaban J connectivity index is 1.32. The van der Waals surface area contributed by atoms with Crippen LogP contribution in [0, 0.1) is 11.8 Å². The zero-order valence-corrected chi connectivity index (χ0v) is 16.9. The standard InChI is InChI=1S/C26H23N3O/c1-30-26-22(5-4-16-29-26)13-12-20-8-10-21(11-9-20)14-17-27-19-23-15-18-28-25-7-3-2-6-24(23)25/h2-11,15-16,18,27H,14,17,19H2,1H3. The quantitative estimate of drug-likeness (QED) is 0.390. The van der Waals surface area contributed by atoms with E-state index in [1.54, 1.807) is 13.3 Å². The lowest BCUT2D eigenvalue weighted by atomic mass is 10.1. The van der Waals surface area contributed by atoms with E-state index in [1.807, 2.05) is 30.5 Å². The minimum atomic E-state index is 0.551. The summed E-state index contributed by atoms with van der Waals surface area (Å²) in [7, 11) is 1.60. The molecule has 0 fully saturated rings. The third kappa shape index (κ3) is 4.83. The van der Waals surface area contributed by atoms with Gasteiger partial charge in [-0.2, -0.15) is 0 Å². The Morgan fingerprint density at radius 1 is 0.867 bits per heavy atom. The minimum Gasteiger partial charge on any atom is -0.480 e. The van der Waals surface area contributed by atoms with Crippen LogP contribution in [-0.2, 0) is 13.0 Å². The molecule has 0 bridgehead atoms. The van der Waals surface area contributed by atoms with Gasteiger partial charge in [-0.25, -0.2) is 4.98 Å². The molecule has 0 saturated heterocycles. The van der Waals surface area contributed by atoms with Crippen molar-refractivity contribution in [2.75, 3.05) is 13.7 Å². The molecule has 4 nitrogen and oxygen atoms in total. The topological polar surface area (TPSA) is 47.0 Å². The lowest BCUT2D eigenvalue weighted by Crippen LogP contribution is -2.16. The van der Waals surface area contributed by atoms with Gasteiger partial charge in [-0.15, -0.1) is 0 Å². The van der Waals surface area contributed by atoms with Crippen LogP contribution in [0.3, 0.4) is 0 Å². The summed E-state index contributed by atoms with van der Waals surface area (Å²) in [5.41, 5.74) is 5.36. The molecule has 2 aromatic carbocycles. The van der Waals surface area contributed by atoms with Crippen molar-refractivity contribution in [1.82, 2.24) is 15.3 Å². The molecule has 2 aromatic heterocycles. The van der Waals surface area contributed by atoms with Gasteiger partial charge in [0.15, 0.2) is 0 Å². The maximum atomic E-state index is 5.24. The highest BCUT2D eigenvalue weighted by molar-refractivity contribution is 5.81. The number of nitrogens with one attached hydrogen (secondary N) is 1. The number of hydrogen-bond acceptors (Lipinski definition) is 4. The third-order valence-electron chi connectivity index (χ3n) is 4.91. The van der Waals surface area contributed by atoms with Crippen LogP contribution in [0.25, 0.3) is 10.9 Å². The molecule has 0 amide bonds. The summed E-state index contributed by atoms with van der Waals surface area (Å²) >= 11 is 0. The van der Waals surface area contributed by atoms with E-state index in [1.165, 1.54) is 16.5 Å². The minimum absolute atomic E-state index is 0.551. The molecular formula is C26H23N3O. The van der Waals surface area contributed by atoms with Crippen LogP contribution in [-0.4, -0.2) is 23.6 Å². The molecule has 1 N–H and O–H groups in total. The lowest BCUT2D eigenvalue weighted by Gasteiger charge is -2.08. The van der Waals surface area contributed by atoms with Gasteiger partial charge in [-0.05, 0) is 60.5 Å². The molecular weight excluding hydrogens is 370 g/mol. The van der Waals surface area contributed by atoms with Crippen molar-refractivity contribution >= 4 is 10.9 Å². The van der Waals surface area contributed by atoms with E-state index in [0.29, 0.717) is 5.88 Å². The second-order valence-corrected chi connectivity index (χ2v) is 6.92. The summed E-state index contributed by atoms with van der Waals surface area (Å²) in [6, 6.07) is 22.5. The summed E-state index contributed by atoms with van der Waals surface area (Å²) in [4.78, 5) is 8.59. The van der Waals surface area contributed by atoms with Crippen LogP contribution < -0.4 is 10.1 Å². The number of ether oxygens (including phenoxy) is 1. The second kappa shape index (κ2) is 9.69. The van der Waals surface area contributed by atoms with E-state index in [0.717, 1.165) is 36.2 Å².